The predicted molar refractivity (Wildman–Crippen MR) is 55.0 cm³/mol. The molecule has 1 aromatic carbocycles. The smallest absolute Gasteiger partial charge is 0.331 e. The van der Waals surface area contributed by atoms with Crippen LogP contribution < -0.4 is 0 Å². The van der Waals surface area contributed by atoms with Crippen LogP contribution in [0.3, 0.4) is 0 Å². The number of aromatic nitrogens is 2. The molecule has 5 heteroatoms. The molecule has 0 atom stereocenters. The lowest BCUT2D eigenvalue weighted by Gasteiger charge is -2.07. The van der Waals surface area contributed by atoms with Crippen molar-refractivity contribution in [3.63, 3.8) is 0 Å². The van der Waals surface area contributed by atoms with E-state index in [1.54, 1.807) is 10.9 Å². The molecule has 2 nitrogen and oxygen atoms in total. The largest absolute Gasteiger partial charge is 0.416 e. The molecule has 2 rings (SSSR count). The van der Waals surface area contributed by atoms with Crippen molar-refractivity contribution in [1.82, 2.24) is 9.55 Å². The molecule has 1 heterocycles. The fraction of sp³-hybridized carbons (Fsp3) is 0.364. The highest BCUT2D eigenvalue weighted by atomic mass is 19.4. The molecule has 0 saturated heterocycles. The van der Waals surface area contributed by atoms with E-state index in [-0.39, 0.29) is 0 Å². The molecule has 0 aliphatic rings. The number of hydrogen-bond acceptors (Lipinski definition) is 1. The molecule has 0 aliphatic carbocycles. The van der Waals surface area contributed by atoms with Gasteiger partial charge in [-0.15, -0.1) is 0 Å². The Morgan fingerprint density at radius 1 is 1.31 bits per heavy atom. The summed E-state index contributed by atoms with van der Waals surface area (Å²) in [6.07, 6.45) is -1.86. The summed E-state index contributed by atoms with van der Waals surface area (Å²) >= 11 is 0. The number of imidazole rings is 1. The summed E-state index contributed by atoms with van der Waals surface area (Å²) in [5, 5.41) is 0. The Balaban J connectivity index is 2.54. The summed E-state index contributed by atoms with van der Waals surface area (Å²) in [6.45, 7) is 2.65. The molecule has 86 valence electrons. The number of aryl methyl sites for hydroxylation is 1. The number of benzene rings is 1. The van der Waals surface area contributed by atoms with Crippen LogP contribution in [-0.2, 0) is 12.7 Å². The van der Waals surface area contributed by atoms with E-state index in [1.165, 1.54) is 6.07 Å². The summed E-state index contributed by atoms with van der Waals surface area (Å²) in [6, 6.07) is 3.62. The Morgan fingerprint density at radius 2 is 2.06 bits per heavy atom. The maximum absolute atomic E-state index is 12.5. The Morgan fingerprint density at radius 3 is 2.69 bits per heavy atom. The number of hydrogen-bond donors (Lipinski definition) is 0. The Bertz CT molecular complexity index is 499. The van der Waals surface area contributed by atoms with Crippen LogP contribution in [0, 0.1) is 0 Å². The van der Waals surface area contributed by atoms with Gasteiger partial charge in [-0.1, -0.05) is 6.92 Å². The molecule has 0 aliphatic heterocycles. The van der Waals surface area contributed by atoms with Gasteiger partial charge in [0.15, 0.2) is 0 Å². The van der Waals surface area contributed by atoms with E-state index < -0.39 is 11.7 Å². The SMILES string of the molecule is CCCn1cnc2ccc(C(F)(F)F)cc21. The van der Waals surface area contributed by atoms with Gasteiger partial charge in [-0.05, 0) is 24.6 Å². The quantitative estimate of drug-likeness (QED) is 0.769. The average molecular weight is 228 g/mol. The van der Waals surface area contributed by atoms with Gasteiger partial charge in [-0.2, -0.15) is 13.2 Å². The molecular formula is C11H11F3N2. The minimum absolute atomic E-state index is 0.539. The minimum Gasteiger partial charge on any atom is -0.331 e. The van der Waals surface area contributed by atoms with Crippen LogP contribution in [0.25, 0.3) is 11.0 Å². The number of fused-ring (bicyclic) bond motifs is 1. The van der Waals surface area contributed by atoms with Gasteiger partial charge in [0.1, 0.15) is 0 Å². The van der Waals surface area contributed by atoms with Crippen LogP contribution in [0.4, 0.5) is 13.2 Å². The third-order valence-corrected chi connectivity index (χ3v) is 2.41. The van der Waals surface area contributed by atoms with Gasteiger partial charge >= 0.3 is 6.18 Å². The van der Waals surface area contributed by atoms with E-state index in [2.05, 4.69) is 4.98 Å². The number of rotatable bonds is 2. The van der Waals surface area contributed by atoms with Crippen molar-refractivity contribution in [2.24, 2.45) is 0 Å². The first-order chi connectivity index (χ1) is 7.52. The highest BCUT2D eigenvalue weighted by Crippen LogP contribution is 2.31. The number of halogens is 3. The van der Waals surface area contributed by atoms with E-state index >= 15 is 0 Å². The van der Waals surface area contributed by atoms with Crippen LogP contribution in [0.2, 0.25) is 0 Å². The maximum atomic E-state index is 12.5. The van der Waals surface area contributed by atoms with E-state index in [9.17, 15) is 13.2 Å². The second-order valence-electron chi connectivity index (χ2n) is 3.64. The third kappa shape index (κ3) is 1.89. The molecule has 0 amide bonds. The van der Waals surface area contributed by atoms with E-state index in [1.807, 2.05) is 6.92 Å². The molecule has 1 aromatic heterocycles. The van der Waals surface area contributed by atoms with Gasteiger partial charge in [0.05, 0.1) is 22.9 Å². The van der Waals surface area contributed by atoms with Gasteiger partial charge < -0.3 is 4.57 Å². The van der Waals surface area contributed by atoms with E-state index in [0.29, 0.717) is 17.6 Å². The van der Waals surface area contributed by atoms with Crippen LogP contribution in [-0.4, -0.2) is 9.55 Å². The second kappa shape index (κ2) is 3.81. The fourth-order valence-corrected chi connectivity index (χ4v) is 1.65. The lowest BCUT2D eigenvalue weighted by atomic mass is 10.2. The summed E-state index contributed by atoms with van der Waals surface area (Å²) in [5.41, 5.74) is 0.510. The van der Waals surface area contributed by atoms with E-state index in [4.69, 9.17) is 0 Å². The van der Waals surface area contributed by atoms with Gasteiger partial charge in [0.25, 0.3) is 0 Å². The van der Waals surface area contributed by atoms with Gasteiger partial charge in [0.2, 0.25) is 0 Å². The Labute approximate surface area is 90.7 Å². The molecule has 0 fully saturated rings. The normalized spacial score (nSPS) is 12.2. The zero-order chi connectivity index (χ0) is 11.8. The first-order valence-corrected chi connectivity index (χ1v) is 5.04. The zero-order valence-electron chi connectivity index (χ0n) is 8.75. The summed E-state index contributed by atoms with van der Waals surface area (Å²) in [4.78, 5) is 4.06. The molecular weight excluding hydrogens is 217 g/mol. The van der Waals surface area contributed by atoms with Gasteiger partial charge in [0, 0.05) is 6.54 Å². The minimum atomic E-state index is -4.30. The fourth-order valence-electron chi connectivity index (χ4n) is 1.65. The summed E-state index contributed by atoms with van der Waals surface area (Å²) < 4.78 is 39.3. The highest BCUT2D eigenvalue weighted by Gasteiger charge is 2.30. The maximum Gasteiger partial charge on any atom is 0.416 e. The van der Waals surface area contributed by atoms with Crippen molar-refractivity contribution in [1.29, 1.82) is 0 Å². The zero-order valence-corrected chi connectivity index (χ0v) is 8.75. The molecule has 0 radical (unpaired) electrons. The predicted octanol–water partition coefficient (Wildman–Crippen LogP) is 3.47. The van der Waals surface area contributed by atoms with Gasteiger partial charge in [-0.3, -0.25) is 0 Å². The van der Waals surface area contributed by atoms with Crippen molar-refractivity contribution in [3.05, 3.63) is 30.1 Å². The van der Waals surface area contributed by atoms with Crippen LogP contribution in [0.5, 0.6) is 0 Å². The van der Waals surface area contributed by atoms with Crippen molar-refractivity contribution >= 4 is 11.0 Å². The Hall–Kier alpha value is -1.52. The number of nitrogens with zero attached hydrogens (tertiary/aromatic N) is 2. The van der Waals surface area contributed by atoms with Crippen molar-refractivity contribution in [3.8, 4) is 0 Å². The second-order valence-corrected chi connectivity index (χ2v) is 3.64. The summed E-state index contributed by atoms with van der Waals surface area (Å²) in [7, 11) is 0. The highest BCUT2D eigenvalue weighted by molar-refractivity contribution is 5.76. The molecule has 0 bridgehead atoms. The third-order valence-electron chi connectivity index (χ3n) is 2.41. The van der Waals surface area contributed by atoms with Crippen LogP contribution >= 0.6 is 0 Å². The topological polar surface area (TPSA) is 17.8 Å². The van der Waals surface area contributed by atoms with Gasteiger partial charge in [-0.25, -0.2) is 4.98 Å². The van der Waals surface area contributed by atoms with Crippen molar-refractivity contribution in [2.75, 3.05) is 0 Å². The first kappa shape index (κ1) is 11.0. The van der Waals surface area contributed by atoms with Crippen molar-refractivity contribution in [2.45, 2.75) is 26.1 Å². The molecule has 0 saturated carbocycles. The summed E-state index contributed by atoms with van der Waals surface area (Å²) in [5.74, 6) is 0. The Kier molecular flexibility index (Phi) is 2.61. The lowest BCUT2D eigenvalue weighted by Crippen LogP contribution is -2.05. The number of alkyl halides is 3. The molecule has 0 unspecified atom stereocenters. The van der Waals surface area contributed by atoms with E-state index in [0.717, 1.165) is 18.6 Å². The molecule has 0 spiro atoms. The standard InChI is InChI=1S/C11H11F3N2/c1-2-5-16-7-15-9-4-3-8(6-10(9)16)11(12,13)14/h3-4,6-7H,2,5H2,1H3. The molecule has 16 heavy (non-hydrogen) atoms. The van der Waals surface area contributed by atoms with Crippen molar-refractivity contribution < 1.29 is 13.2 Å². The van der Waals surface area contributed by atoms with Crippen LogP contribution in [0.15, 0.2) is 24.5 Å². The molecule has 0 N–H and O–H groups in total. The monoisotopic (exact) mass is 228 g/mol. The average Bonchev–Trinajstić information content (AvgIpc) is 2.60. The lowest BCUT2D eigenvalue weighted by molar-refractivity contribution is -0.137. The molecule has 2 aromatic rings. The van der Waals surface area contributed by atoms with Crippen LogP contribution in [0.1, 0.15) is 18.9 Å². The first-order valence-electron chi connectivity index (χ1n) is 5.04.